The zero-order valence-corrected chi connectivity index (χ0v) is 34.6. The van der Waals surface area contributed by atoms with Gasteiger partial charge in [0.25, 0.3) is 0 Å². The van der Waals surface area contributed by atoms with Crippen molar-refractivity contribution in [1.29, 1.82) is 0 Å². The molecule has 0 spiro atoms. The summed E-state index contributed by atoms with van der Waals surface area (Å²) in [5.74, 6) is -1.45. The van der Waals surface area contributed by atoms with Gasteiger partial charge in [0.1, 0.15) is 11.4 Å². The molecule has 0 bridgehead atoms. The van der Waals surface area contributed by atoms with E-state index in [4.69, 9.17) is 34.8 Å². The smallest absolute Gasteiger partial charge is 0.312 e. The van der Waals surface area contributed by atoms with E-state index in [1.807, 2.05) is 34.7 Å². The van der Waals surface area contributed by atoms with Crippen molar-refractivity contribution in [3.8, 4) is 12.3 Å². The number of ketones is 1. The Bertz CT molecular complexity index is 1190. The fourth-order valence-electron chi connectivity index (χ4n) is 8.08. The summed E-state index contributed by atoms with van der Waals surface area (Å²) in [6.07, 6.45) is 2.22. The summed E-state index contributed by atoms with van der Waals surface area (Å²) in [6, 6.07) is 0.136. The Morgan fingerprint density at radius 3 is 2.20 bits per heavy atom. The number of cyclic esters (lactones) is 1. The molecule has 0 saturated carbocycles. The van der Waals surface area contributed by atoms with Gasteiger partial charge in [0.2, 0.25) is 0 Å². The van der Waals surface area contributed by atoms with Crippen LogP contribution in [0.3, 0.4) is 0 Å². The summed E-state index contributed by atoms with van der Waals surface area (Å²) in [6.45, 7) is 16.6. The highest BCUT2D eigenvalue weighted by Gasteiger charge is 2.52. The van der Waals surface area contributed by atoms with Crippen LogP contribution in [0.15, 0.2) is 0 Å². The largest absolute Gasteiger partial charge is 0.448 e. The SMILES string of the molecule is C#CCCN(C)[C@@H]1C[C@H](O[C@@H]2[C@@H](C)[C@H](O[C@H]3C[C@H](C)[C@@H](O)[C@H](C)O3)[C@@H](C)C(=O)O[C@H](I)[C@@](C)(O)[C@H](O)[C@@H](C)C(=O)[C@H](C)C[C@@]2(C)OC)O[C@H](C)C1. The van der Waals surface area contributed by atoms with Gasteiger partial charge in [0, 0.05) is 56.7 Å². The van der Waals surface area contributed by atoms with Gasteiger partial charge in [0.15, 0.2) is 16.7 Å². The standard InChI is InChI=1S/C38H64INO11/c1-13-14-15-40(11)27-17-22(4)47-29(18-27)50-34-24(6)32(49-28-16-20(2)31(42)26(8)48-28)25(7)35(44)51-36(39)38(10,45)33(43)23(5)30(41)21(3)19-37(34,9)46-12/h1,20-29,31-34,36,42-43,45H,14-19H2,2-12H3/t20-,21+,22+,23-,24-,25+,26-,27-,28-,29-,31+,32-,33+,34+,36-,37+,38-/m0/s1. The van der Waals surface area contributed by atoms with Gasteiger partial charge in [-0.1, -0.05) is 27.7 Å². The third kappa shape index (κ3) is 10.6. The van der Waals surface area contributed by atoms with E-state index in [0.29, 0.717) is 19.3 Å². The van der Waals surface area contributed by atoms with Crippen LogP contribution in [0.2, 0.25) is 0 Å². The van der Waals surface area contributed by atoms with Crippen LogP contribution in [-0.4, -0.2) is 123 Å². The van der Waals surface area contributed by atoms with E-state index in [2.05, 4.69) is 10.8 Å². The number of carbonyl (C=O) groups excluding carboxylic acids is 2. The number of aliphatic hydroxyl groups is 3. The number of terminal acetylenes is 1. The lowest BCUT2D eigenvalue weighted by Gasteiger charge is -2.48. The number of carbonyl (C=O) groups is 2. The monoisotopic (exact) mass is 837 g/mol. The number of halogens is 1. The number of ether oxygens (including phenoxy) is 6. The number of aliphatic hydroxyl groups excluding tert-OH is 2. The quantitative estimate of drug-likeness (QED) is 0.140. The van der Waals surface area contributed by atoms with Crippen molar-refractivity contribution in [2.45, 2.75) is 165 Å². The number of rotatable bonds is 8. The van der Waals surface area contributed by atoms with E-state index in [1.165, 1.54) is 6.92 Å². The molecule has 12 nitrogen and oxygen atoms in total. The van der Waals surface area contributed by atoms with E-state index in [9.17, 15) is 24.9 Å². The average molecular weight is 838 g/mol. The van der Waals surface area contributed by atoms with Crippen LogP contribution in [-0.2, 0) is 38.0 Å². The number of Topliss-reactive ketones (excluding diaryl/α,β-unsaturated/α-hetero) is 1. The van der Waals surface area contributed by atoms with Gasteiger partial charge in [0.05, 0.1) is 48.1 Å². The lowest BCUT2D eigenvalue weighted by atomic mass is 9.74. The lowest BCUT2D eigenvalue weighted by Crippen LogP contribution is -2.58. The van der Waals surface area contributed by atoms with Crippen molar-refractivity contribution in [3.05, 3.63) is 0 Å². The first-order chi connectivity index (χ1) is 23.7. The van der Waals surface area contributed by atoms with Crippen molar-refractivity contribution in [1.82, 2.24) is 4.90 Å². The highest BCUT2D eigenvalue weighted by molar-refractivity contribution is 14.1. The lowest BCUT2D eigenvalue weighted by molar-refractivity contribution is -0.292. The Morgan fingerprint density at radius 1 is 0.980 bits per heavy atom. The first kappa shape index (κ1) is 44.5. The van der Waals surface area contributed by atoms with Crippen LogP contribution < -0.4 is 0 Å². The van der Waals surface area contributed by atoms with Crippen LogP contribution in [0.4, 0.5) is 0 Å². The molecule has 13 heteroatoms. The Kier molecular flexibility index (Phi) is 16.2. The molecule has 3 aliphatic heterocycles. The maximum absolute atomic E-state index is 14.0. The second kappa shape index (κ2) is 18.6. The third-order valence-corrected chi connectivity index (χ3v) is 13.1. The molecule has 3 aliphatic rings. The summed E-state index contributed by atoms with van der Waals surface area (Å²) in [7, 11) is 3.61. The van der Waals surface area contributed by atoms with Crippen molar-refractivity contribution in [3.63, 3.8) is 0 Å². The van der Waals surface area contributed by atoms with Gasteiger partial charge in [-0.15, -0.1) is 12.3 Å². The Hall–Kier alpha value is -0.930. The molecular weight excluding hydrogens is 773 g/mol. The normalized spacial score (nSPS) is 46.6. The topological polar surface area (TPSA) is 153 Å². The number of hydrogen-bond donors (Lipinski definition) is 3. The van der Waals surface area contributed by atoms with E-state index >= 15 is 0 Å². The molecule has 51 heavy (non-hydrogen) atoms. The molecule has 0 amide bonds. The van der Waals surface area contributed by atoms with Gasteiger partial charge in [-0.25, -0.2) is 0 Å². The maximum atomic E-state index is 14.0. The highest BCUT2D eigenvalue weighted by Crippen LogP contribution is 2.41. The van der Waals surface area contributed by atoms with E-state index in [1.54, 1.807) is 57.4 Å². The van der Waals surface area contributed by atoms with Gasteiger partial charge in [-0.2, -0.15) is 0 Å². The van der Waals surface area contributed by atoms with Crippen LogP contribution in [0.1, 0.15) is 94.4 Å². The Labute approximate surface area is 319 Å². The van der Waals surface area contributed by atoms with Crippen molar-refractivity contribution in [2.24, 2.45) is 29.6 Å². The molecule has 294 valence electrons. The third-order valence-electron chi connectivity index (χ3n) is 11.6. The van der Waals surface area contributed by atoms with E-state index in [0.717, 1.165) is 13.0 Å². The molecule has 0 aromatic heterocycles. The summed E-state index contributed by atoms with van der Waals surface area (Å²) in [4.78, 5) is 30.1. The predicted molar refractivity (Wildman–Crippen MR) is 200 cm³/mol. The number of methoxy groups -OCH3 is 1. The summed E-state index contributed by atoms with van der Waals surface area (Å²) < 4.78 is 37.1. The summed E-state index contributed by atoms with van der Waals surface area (Å²) >= 11 is 1.78. The summed E-state index contributed by atoms with van der Waals surface area (Å²) in [5, 5.41) is 33.3. The molecule has 0 aliphatic carbocycles. The Morgan fingerprint density at radius 2 is 1.61 bits per heavy atom. The molecule has 3 fully saturated rings. The van der Waals surface area contributed by atoms with Gasteiger partial charge >= 0.3 is 5.97 Å². The molecule has 3 heterocycles. The van der Waals surface area contributed by atoms with Crippen LogP contribution in [0.5, 0.6) is 0 Å². The van der Waals surface area contributed by atoms with Crippen molar-refractivity contribution >= 4 is 34.3 Å². The van der Waals surface area contributed by atoms with Gasteiger partial charge in [-0.05, 0) is 83.0 Å². The maximum Gasteiger partial charge on any atom is 0.312 e. The minimum Gasteiger partial charge on any atom is -0.448 e. The van der Waals surface area contributed by atoms with E-state index in [-0.39, 0.29) is 30.3 Å². The summed E-state index contributed by atoms with van der Waals surface area (Å²) in [5.41, 5.74) is -3.07. The minimum absolute atomic E-state index is 0.119. The van der Waals surface area contributed by atoms with Crippen molar-refractivity contribution in [2.75, 3.05) is 20.7 Å². The number of nitrogens with zero attached hydrogens (tertiary/aromatic N) is 1. The molecule has 0 unspecified atom stereocenters. The molecule has 0 aromatic carbocycles. The Balaban J connectivity index is 2.13. The molecule has 0 radical (unpaired) electrons. The molecular formula is C38H64INO11. The zero-order valence-electron chi connectivity index (χ0n) is 32.4. The highest BCUT2D eigenvalue weighted by atomic mass is 127. The second-order valence-corrected chi connectivity index (χ2v) is 17.1. The fraction of sp³-hybridized carbons (Fsp3) is 0.895. The second-order valence-electron chi connectivity index (χ2n) is 16.0. The minimum atomic E-state index is -1.94. The molecule has 0 aromatic rings. The fourth-order valence-corrected chi connectivity index (χ4v) is 8.69. The van der Waals surface area contributed by atoms with Gasteiger partial charge < -0.3 is 48.6 Å². The van der Waals surface area contributed by atoms with Crippen LogP contribution in [0.25, 0.3) is 0 Å². The van der Waals surface area contributed by atoms with Crippen molar-refractivity contribution < 1.29 is 53.3 Å². The average Bonchev–Trinajstić information content (AvgIpc) is 3.08. The first-order valence-corrected chi connectivity index (χ1v) is 19.7. The first-order valence-electron chi connectivity index (χ1n) is 18.5. The molecule has 17 atom stereocenters. The number of hydrogen-bond acceptors (Lipinski definition) is 12. The van der Waals surface area contributed by atoms with Crippen LogP contribution in [0, 0.1) is 41.9 Å². The number of alkyl halides is 1. The molecule has 3 rings (SSSR count). The van der Waals surface area contributed by atoms with Gasteiger partial charge in [-0.3, -0.25) is 9.59 Å². The predicted octanol–water partition coefficient (Wildman–Crippen LogP) is 4.08. The number of esters is 1. The zero-order chi connectivity index (χ0) is 38.6. The van der Waals surface area contributed by atoms with E-state index < -0.39 is 88.1 Å². The molecule has 3 N–H and O–H groups in total. The molecule has 3 saturated heterocycles. The van der Waals surface area contributed by atoms with Crippen LogP contribution >= 0.6 is 22.6 Å².